The van der Waals surface area contributed by atoms with E-state index in [1.165, 1.54) is 57.8 Å². The Bertz CT molecular complexity index is 356. The zero-order valence-corrected chi connectivity index (χ0v) is 12.7. The fraction of sp³-hybridized carbons (Fsp3) is 0.882. The zero-order chi connectivity index (χ0) is 12.7. The number of allylic oxidation sites excluding steroid dienone is 1. The van der Waals surface area contributed by atoms with E-state index in [4.69, 9.17) is 4.74 Å². The molecule has 4 rings (SSSR count). The third kappa shape index (κ3) is 2.46. The molecule has 2 aliphatic heterocycles. The van der Waals surface area contributed by atoms with Crippen molar-refractivity contribution in [2.45, 2.75) is 68.3 Å². The minimum Gasteiger partial charge on any atom is -0.501 e. The standard InChI is InChI=1S/C17H26OS/c1-2-4-12(3-1)10-18-11-13-5-6-14-15(9-13)17-8-7-16(14)19-17/h10,13-17H,1-9,11H2. The van der Waals surface area contributed by atoms with Crippen LogP contribution in [0.1, 0.15) is 57.8 Å². The lowest BCUT2D eigenvalue weighted by molar-refractivity contribution is 0.101. The van der Waals surface area contributed by atoms with Crippen LogP contribution in [0.4, 0.5) is 0 Å². The Hall–Kier alpha value is -0.110. The lowest BCUT2D eigenvalue weighted by Crippen LogP contribution is -2.34. The van der Waals surface area contributed by atoms with Crippen LogP contribution in [-0.4, -0.2) is 17.1 Å². The van der Waals surface area contributed by atoms with Crippen LogP contribution in [0.2, 0.25) is 0 Å². The fourth-order valence-electron chi connectivity index (χ4n) is 4.93. The zero-order valence-electron chi connectivity index (χ0n) is 11.9. The van der Waals surface area contributed by atoms with Gasteiger partial charge in [0.2, 0.25) is 0 Å². The second-order valence-corrected chi connectivity index (χ2v) is 8.60. The van der Waals surface area contributed by atoms with Crippen LogP contribution in [0.3, 0.4) is 0 Å². The molecule has 0 radical (unpaired) electrons. The largest absolute Gasteiger partial charge is 0.501 e. The highest BCUT2D eigenvalue weighted by Crippen LogP contribution is 2.58. The summed E-state index contributed by atoms with van der Waals surface area (Å²) < 4.78 is 5.92. The third-order valence-electron chi connectivity index (χ3n) is 5.93. The second-order valence-electron chi connectivity index (χ2n) is 7.11. The molecule has 2 bridgehead atoms. The smallest absolute Gasteiger partial charge is 0.0901 e. The Labute approximate surface area is 121 Å². The number of rotatable bonds is 3. The van der Waals surface area contributed by atoms with Crippen molar-refractivity contribution in [3.8, 4) is 0 Å². The molecule has 2 heteroatoms. The van der Waals surface area contributed by atoms with Gasteiger partial charge in [-0.2, -0.15) is 11.8 Å². The first-order valence-corrected chi connectivity index (χ1v) is 9.29. The van der Waals surface area contributed by atoms with Crippen LogP contribution in [0.5, 0.6) is 0 Å². The van der Waals surface area contributed by atoms with Crippen LogP contribution < -0.4 is 0 Å². The molecule has 0 aromatic rings. The first-order valence-electron chi connectivity index (χ1n) is 8.35. The van der Waals surface area contributed by atoms with E-state index in [1.807, 2.05) is 0 Å². The van der Waals surface area contributed by atoms with E-state index in [2.05, 4.69) is 18.0 Å². The monoisotopic (exact) mass is 278 g/mol. The summed E-state index contributed by atoms with van der Waals surface area (Å²) in [6.45, 7) is 0.995. The van der Waals surface area contributed by atoms with Crippen molar-refractivity contribution >= 4 is 11.8 Å². The summed E-state index contributed by atoms with van der Waals surface area (Å²) in [5.74, 6) is 2.97. The molecule has 0 spiro atoms. The van der Waals surface area contributed by atoms with Gasteiger partial charge in [0.1, 0.15) is 0 Å². The molecule has 4 aliphatic rings. The lowest BCUT2D eigenvalue weighted by Gasteiger charge is -2.37. The van der Waals surface area contributed by atoms with Crippen molar-refractivity contribution in [1.82, 2.24) is 0 Å². The van der Waals surface area contributed by atoms with Gasteiger partial charge in [-0.05, 0) is 81.1 Å². The summed E-state index contributed by atoms with van der Waals surface area (Å²) >= 11 is 2.33. The summed E-state index contributed by atoms with van der Waals surface area (Å²) in [7, 11) is 0. The van der Waals surface area contributed by atoms with E-state index in [9.17, 15) is 0 Å². The highest BCUT2D eigenvalue weighted by Gasteiger charge is 2.50. The average molecular weight is 278 g/mol. The molecular formula is C17H26OS. The normalized spacial score (nSPS) is 44.4. The van der Waals surface area contributed by atoms with Crippen LogP contribution in [-0.2, 0) is 4.74 Å². The van der Waals surface area contributed by atoms with Crippen molar-refractivity contribution in [1.29, 1.82) is 0 Å². The van der Waals surface area contributed by atoms with Crippen molar-refractivity contribution in [2.75, 3.05) is 6.61 Å². The number of hydrogen-bond donors (Lipinski definition) is 0. The molecule has 0 aromatic heterocycles. The van der Waals surface area contributed by atoms with Crippen LogP contribution in [0.25, 0.3) is 0 Å². The van der Waals surface area contributed by atoms with E-state index in [1.54, 1.807) is 5.57 Å². The average Bonchev–Trinajstić information content (AvgIpc) is 3.16. The van der Waals surface area contributed by atoms with Gasteiger partial charge in [0.15, 0.2) is 0 Å². The van der Waals surface area contributed by atoms with Gasteiger partial charge in [0.25, 0.3) is 0 Å². The first-order chi connectivity index (χ1) is 9.40. The quantitative estimate of drug-likeness (QED) is 0.688. The molecule has 1 nitrogen and oxygen atoms in total. The summed E-state index contributed by atoms with van der Waals surface area (Å²) in [5, 5.41) is 2.06. The Kier molecular flexibility index (Phi) is 3.55. The maximum atomic E-state index is 5.92. The Balaban J connectivity index is 1.28. The molecule has 19 heavy (non-hydrogen) atoms. The molecular weight excluding hydrogens is 252 g/mol. The van der Waals surface area contributed by atoms with Gasteiger partial charge in [-0.15, -0.1) is 0 Å². The highest BCUT2D eigenvalue weighted by molar-refractivity contribution is 8.01. The SMILES string of the molecule is C(OCC1CCC2C3CCC(S3)C2C1)=C1CCCC1. The number of fused-ring (bicyclic) bond motifs is 5. The molecule has 5 atom stereocenters. The summed E-state index contributed by atoms with van der Waals surface area (Å²) in [5.41, 5.74) is 1.56. The number of hydrogen-bond acceptors (Lipinski definition) is 2. The second kappa shape index (κ2) is 5.35. The van der Waals surface area contributed by atoms with Crippen LogP contribution >= 0.6 is 11.8 Å². The van der Waals surface area contributed by atoms with Crippen molar-refractivity contribution in [3.63, 3.8) is 0 Å². The number of ether oxygens (including phenoxy) is 1. The number of thioether (sulfide) groups is 1. The first kappa shape index (κ1) is 12.6. The summed E-state index contributed by atoms with van der Waals surface area (Å²) in [4.78, 5) is 0. The minimum absolute atomic E-state index is 0.847. The van der Waals surface area contributed by atoms with Gasteiger partial charge in [-0.25, -0.2) is 0 Å². The van der Waals surface area contributed by atoms with Crippen molar-refractivity contribution in [3.05, 3.63) is 11.8 Å². The van der Waals surface area contributed by atoms with Gasteiger partial charge >= 0.3 is 0 Å². The van der Waals surface area contributed by atoms with Gasteiger partial charge in [0, 0.05) is 10.5 Å². The van der Waals surface area contributed by atoms with Gasteiger partial charge in [0.05, 0.1) is 12.9 Å². The molecule has 0 N–H and O–H groups in total. The predicted molar refractivity (Wildman–Crippen MR) is 81.2 cm³/mol. The molecule has 106 valence electrons. The Morgan fingerprint density at radius 2 is 1.79 bits per heavy atom. The molecule has 2 aliphatic carbocycles. The summed E-state index contributed by atoms with van der Waals surface area (Å²) in [6, 6.07) is 0. The topological polar surface area (TPSA) is 9.23 Å². The van der Waals surface area contributed by atoms with Crippen LogP contribution in [0, 0.1) is 17.8 Å². The molecule has 5 unspecified atom stereocenters. The molecule has 0 amide bonds. The molecule has 4 fully saturated rings. The molecule has 2 heterocycles. The molecule has 2 saturated heterocycles. The Morgan fingerprint density at radius 1 is 1.00 bits per heavy atom. The fourth-order valence-corrected chi connectivity index (χ4v) is 6.98. The van der Waals surface area contributed by atoms with E-state index in [-0.39, 0.29) is 0 Å². The van der Waals surface area contributed by atoms with E-state index in [0.29, 0.717) is 0 Å². The van der Waals surface area contributed by atoms with E-state index in [0.717, 1.165) is 34.9 Å². The van der Waals surface area contributed by atoms with Gasteiger partial charge in [-0.3, -0.25) is 0 Å². The maximum absolute atomic E-state index is 5.92. The maximum Gasteiger partial charge on any atom is 0.0901 e. The molecule has 0 aromatic carbocycles. The minimum atomic E-state index is 0.847. The van der Waals surface area contributed by atoms with Gasteiger partial charge < -0.3 is 4.74 Å². The van der Waals surface area contributed by atoms with E-state index >= 15 is 0 Å². The van der Waals surface area contributed by atoms with Gasteiger partial charge in [-0.1, -0.05) is 0 Å². The van der Waals surface area contributed by atoms with Crippen molar-refractivity contribution < 1.29 is 4.74 Å². The third-order valence-corrected chi connectivity index (χ3v) is 7.80. The summed E-state index contributed by atoms with van der Waals surface area (Å²) in [6.07, 6.45) is 14.8. The molecule has 2 saturated carbocycles. The highest BCUT2D eigenvalue weighted by atomic mass is 32.2. The lowest BCUT2D eigenvalue weighted by atomic mass is 9.68. The van der Waals surface area contributed by atoms with Crippen molar-refractivity contribution in [2.24, 2.45) is 17.8 Å². The Morgan fingerprint density at radius 3 is 2.63 bits per heavy atom. The predicted octanol–water partition coefficient (Wildman–Crippen LogP) is 4.77. The van der Waals surface area contributed by atoms with Crippen LogP contribution in [0.15, 0.2) is 11.8 Å². The van der Waals surface area contributed by atoms with E-state index < -0.39 is 0 Å².